The Balaban J connectivity index is 1.77. The first-order chi connectivity index (χ1) is 12.7. The number of para-hydroxylation sites is 1. The van der Waals surface area contributed by atoms with E-state index in [1.54, 1.807) is 35.1 Å². The minimum atomic E-state index is -0.0984. The van der Waals surface area contributed by atoms with E-state index < -0.39 is 0 Å². The third-order valence-corrected chi connectivity index (χ3v) is 3.81. The molecule has 6 heteroatoms. The van der Waals surface area contributed by atoms with E-state index in [0.717, 1.165) is 11.3 Å². The summed E-state index contributed by atoms with van der Waals surface area (Å²) in [6.07, 6.45) is 8.30. The molecule has 0 radical (unpaired) electrons. The van der Waals surface area contributed by atoms with Crippen LogP contribution in [0.2, 0.25) is 0 Å². The first-order valence-corrected chi connectivity index (χ1v) is 8.03. The molecule has 0 unspecified atom stereocenters. The molecule has 1 heterocycles. The summed E-state index contributed by atoms with van der Waals surface area (Å²) < 4.78 is 7.16. The van der Waals surface area contributed by atoms with Crippen molar-refractivity contribution in [2.75, 3.05) is 13.7 Å². The minimum Gasteiger partial charge on any atom is -0.481 e. The molecule has 0 saturated heterocycles. The highest BCUT2D eigenvalue weighted by Crippen LogP contribution is 2.20. The van der Waals surface area contributed by atoms with Crippen LogP contribution in [0.4, 0.5) is 0 Å². The van der Waals surface area contributed by atoms with Gasteiger partial charge in [-0.2, -0.15) is 5.10 Å². The molecule has 130 valence electrons. The van der Waals surface area contributed by atoms with Crippen molar-refractivity contribution in [3.8, 4) is 23.8 Å². The molecule has 0 saturated carbocycles. The topological polar surface area (TPSA) is 60.2 Å². The molecule has 3 rings (SSSR count). The van der Waals surface area contributed by atoms with Gasteiger partial charge < -0.3 is 9.64 Å². The van der Waals surface area contributed by atoms with Crippen LogP contribution in [0.1, 0.15) is 15.9 Å². The van der Waals surface area contributed by atoms with Gasteiger partial charge in [0.25, 0.3) is 5.91 Å². The van der Waals surface area contributed by atoms with Gasteiger partial charge in [-0.1, -0.05) is 30.2 Å². The van der Waals surface area contributed by atoms with Crippen LogP contribution < -0.4 is 4.74 Å². The monoisotopic (exact) mass is 346 g/mol. The van der Waals surface area contributed by atoms with E-state index in [4.69, 9.17) is 11.2 Å². The van der Waals surface area contributed by atoms with Gasteiger partial charge in [0, 0.05) is 24.7 Å². The van der Waals surface area contributed by atoms with E-state index in [2.05, 4.69) is 16.0 Å². The van der Waals surface area contributed by atoms with Crippen LogP contribution in [0.3, 0.4) is 0 Å². The van der Waals surface area contributed by atoms with Gasteiger partial charge in [0.15, 0.2) is 0 Å². The quantitative estimate of drug-likeness (QED) is 0.644. The summed E-state index contributed by atoms with van der Waals surface area (Å²) in [5, 5.41) is 4.09. The summed E-state index contributed by atoms with van der Waals surface area (Å²) in [5.41, 5.74) is 2.24. The number of benzene rings is 2. The lowest BCUT2D eigenvalue weighted by Crippen LogP contribution is -2.26. The number of nitrogens with zero attached hydrogens (tertiary/aromatic N) is 4. The van der Waals surface area contributed by atoms with E-state index in [9.17, 15) is 4.79 Å². The zero-order valence-electron chi connectivity index (χ0n) is 14.4. The number of terminal acetylenes is 1. The first-order valence-electron chi connectivity index (χ1n) is 8.03. The first kappa shape index (κ1) is 17.2. The van der Waals surface area contributed by atoms with Gasteiger partial charge in [0.1, 0.15) is 25.0 Å². The summed E-state index contributed by atoms with van der Waals surface area (Å²) in [6.45, 7) is 0.599. The van der Waals surface area contributed by atoms with Gasteiger partial charge in [-0.25, -0.2) is 9.67 Å². The summed E-state index contributed by atoms with van der Waals surface area (Å²) in [5.74, 6) is 3.03. The van der Waals surface area contributed by atoms with Crippen LogP contribution in [0.25, 0.3) is 5.69 Å². The van der Waals surface area contributed by atoms with Crippen LogP contribution in [-0.4, -0.2) is 39.2 Å². The maximum Gasteiger partial charge on any atom is 0.253 e. The fourth-order valence-electron chi connectivity index (χ4n) is 2.57. The molecule has 3 aromatic rings. The maximum atomic E-state index is 12.8. The molecule has 0 fully saturated rings. The molecule has 26 heavy (non-hydrogen) atoms. The smallest absolute Gasteiger partial charge is 0.253 e. The lowest BCUT2D eigenvalue weighted by molar-refractivity contribution is 0.0784. The number of aromatic nitrogens is 3. The number of hydrogen-bond donors (Lipinski definition) is 0. The second kappa shape index (κ2) is 7.99. The Hall–Kier alpha value is -3.59. The molecule has 0 bridgehead atoms. The van der Waals surface area contributed by atoms with Crippen molar-refractivity contribution in [1.82, 2.24) is 19.7 Å². The summed E-state index contributed by atoms with van der Waals surface area (Å²) in [4.78, 5) is 18.4. The van der Waals surface area contributed by atoms with Gasteiger partial charge in [0.05, 0.1) is 5.69 Å². The van der Waals surface area contributed by atoms with Crippen LogP contribution in [0.5, 0.6) is 5.75 Å². The maximum absolute atomic E-state index is 12.8. The Morgan fingerprint density at radius 3 is 2.88 bits per heavy atom. The van der Waals surface area contributed by atoms with E-state index in [1.165, 1.54) is 6.33 Å². The fraction of sp³-hybridized carbons (Fsp3) is 0.150. The SMILES string of the molecule is C#CCOc1ccccc1CN(C)C(=O)c1cccc(-n2cncn2)c1. The van der Waals surface area contributed by atoms with Gasteiger partial charge in [-0.05, 0) is 24.3 Å². The molecule has 6 nitrogen and oxygen atoms in total. The van der Waals surface area contributed by atoms with Crippen molar-refractivity contribution < 1.29 is 9.53 Å². The molecule has 1 amide bonds. The molecule has 0 aliphatic carbocycles. The van der Waals surface area contributed by atoms with Gasteiger partial charge >= 0.3 is 0 Å². The normalized spacial score (nSPS) is 10.2. The lowest BCUT2D eigenvalue weighted by atomic mass is 10.1. The van der Waals surface area contributed by atoms with Crippen LogP contribution in [-0.2, 0) is 6.54 Å². The van der Waals surface area contributed by atoms with E-state index >= 15 is 0 Å². The van der Waals surface area contributed by atoms with Crippen molar-refractivity contribution in [2.45, 2.75) is 6.54 Å². The van der Waals surface area contributed by atoms with Gasteiger partial charge in [-0.15, -0.1) is 6.42 Å². The number of rotatable bonds is 6. The Morgan fingerprint density at radius 2 is 2.12 bits per heavy atom. The molecular weight excluding hydrogens is 328 g/mol. The molecule has 0 spiro atoms. The van der Waals surface area contributed by atoms with Crippen molar-refractivity contribution in [3.05, 3.63) is 72.3 Å². The predicted molar refractivity (Wildman–Crippen MR) is 97.9 cm³/mol. The largest absolute Gasteiger partial charge is 0.481 e. The fourth-order valence-corrected chi connectivity index (χ4v) is 2.57. The standard InChI is InChI=1S/C20H18N4O2/c1-3-11-26-19-10-5-4-7-17(19)13-23(2)20(25)16-8-6-9-18(12-16)24-15-21-14-22-24/h1,4-10,12,14-15H,11,13H2,2H3. The predicted octanol–water partition coefficient (Wildman–Crippen LogP) is 2.55. The van der Waals surface area contributed by atoms with Crippen molar-refractivity contribution >= 4 is 5.91 Å². The average molecular weight is 346 g/mol. The van der Waals surface area contributed by atoms with E-state index in [-0.39, 0.29) is 12.5 Å². The lowest BCUT2D eigenvalue weighted by Gasteiger charge is -2.19. The van der Waals surface area contributed by atoms with Crippen LogP contribution in [0.15, 0.2) is 61.2 Å². The van der Waals surface area contributed by atoms with Crippen LogP contribution >= 0.6 is 0 Å². The number of amides is 1. The third-order valence-electron chi connectivity index (χ3n) is 3.81. The minimum absolute atomic E-state index is 0.0984. The molecule has 0 aliphatic rings. The molecule has 0 N–H and O–H groups in total. The average Bonchev–Trinajstić information content (AvgIpc) is 3.21. The molecular formula is C20H18N4O2. The highest BCUT2D eigenvalue weighted by Gasteiger charge is 2.15. The number of hydrogen-bond acceptors (Lipinski definition) is 4. The Labute approximate surface area is 152 Å². The Bertz CT molecular complexity index is 929. The van der Waals surface area contributed by atoms with Gasteiger partial charge in [-0.3, -0.25) is 4.79 Å². The zero-order chi connectivity index (χ0) is 18.4. The second-order valence-corrected chi connectivity index (χ2v) is 5.65. The van der Waals surface area contributed by atoms with Crippen molar-refractivity contribution in [3.63, 3.8) is 0 Å². The van der Waals surface area contributed by atoms with Crippen molar-refractivity contribution in [1.29, 1.82) is 0 Å². The second-order valence-electron chi connectivity index (χ2n) is 5.65. The molecule has 2 aromatic carbocycles. The van der Waals surface area contributed by atoms with Crippen LogP contribution in [0, 0.1) is 12.3 Å². The number of carbonyl (C=O) groups is 1. The molecule has 0 aliphatic heterocycles. The van der Waals surface area contributed by atoms with Gasteiger partial charge in [0.2, 0.25) is 0 Å². The Kier molecular flexibility index (Phi) is 5.30. The van der Waals surface area contributed by atoms with E-state index in [1.807, 2.05) is 36.4 Å². The number of carbonyl (C=O) groups excluding carboxylic acids is 1. The summed E-state index contributed by atoms with van der Waals surface area (Å²) >= 11 is 0. The van der Waals surface area contributed by atoms with Crippen molar-refractivity contribution in [2.24, 2.45) is 0 Å². The third kappa shape index (κ3) is 3.90. The number of ether oxygens (including phenoxy) is 1. The highest BCUT2D eigenvalue weighted by molar-refractivity contribution is 5.94. The zero-order valence-corrected chi connectivity index (χ0v) is 14.4. The molecule has 0 atom stereocenters. The molecule has 1 aromatic heterocycles. The summed E-state index contributed by atoms with van der Waals surface area (Å²) in [7, 11) is 1.75. The Morgan fingerprint density at radius 1 is 1.27 bits per heavy atom. The highest BCUT2D eigenvalue weighted by atomic mass is 16.5. The summed E-state index contributed by atoms with van der Waals surface area (Å²) in [6, 6.07) is 14.8. The van der Waals surface area contributed by atoms with E-state index in [0.29, 0.717) is 17.9 Å².